The lowest BCUT2D eigenvalue weighted by Crippen LogP contribution is -2.38. The quantitative estimate of drug-likeness (QED) is 0.865. The SMILES string of the molecule is CC1(C(O)C2CCc3cccnc32)CCCCC1. The maximum Gasteiger partial charge on any atom is 0.0677 e. The first-order chi connectivity index (χ1) is 8.71. The molecule has 3 rings (SSSR count). The van der Waals surface area contributed by atoms with Crippen molar-refractivity contribution < 1.29 is 5.11 Å². The molecule has 0 spiro atoms. The van der Waals surface area contributed by atoms with E-state index in [4.69, 9.17) is 0 Å². The Hall–Kier alpha value is -0.890. The van der Waals surface area contributed by atoms with Crippen LogP contribution >= 0.6 is 0 Å². The van der Waals surface area contributed by atoms with Crippen LogP contribution in [-0.4, -0.2) is 16.2 Å². The summed E-state index contributed by atoms with van der Waals surface area (Å²) in [5.41, 5.74) is 2.62. The summed E-state index contributed by atoms with van der Waals surface area (Å²) in [6.45, 7) is 2.28. The molecule has 0 aromatic carbocycles. The topological polar surface area (TPSA) is 33.1 Å². The van der Waals surface area contributed by atoms with Gasteiger partial charge in [0.25, 0.3) is 0 Å². The van der Waals surface area contributed by atoms with Crippen LogP contribution in [0.15, 0.2) is 18.3 Å². The van der Waals surface area contributed by atoms with Crippen LogP contribution < -0.4 is 0 Å². The van der Waals surface area contributed by atoms with Crippen LogP contribution in [0.5, 0.6) is 0 Å². The fourth-order valence-corrected chi connectivity index (χ4v) is 3.89. The van der Waals surface area contributed by atoms with Gasteiger partial charge in [-0.3, -0.25) is 4.98 Å². The maximum atomic E-state index is 10.8. The summed E-state index contributed by atoms with van der Waals surface area (Å²) in [6.07, 6.45) is 10.0. The number of aliphatic hydroxyl groups is 1. The van der Waals surface area contributed by atoms with Gasteiger partial charge in [0, 0.05) is 17.8 Å². The predicted octanol–water partition coefficient (Wildman–Crippen LogP) is 3.44. The largest absolute Gasteiger partial charge is 0.392 e. The van der Waals surface area contributed by atoms with Gasteiger partial charge in [-0.2, -0.15) is 0 Å². The number of pyridine rings is 1. The minimum atomic E-state index is -0.214. The van der Waals surface area contributed by atoms with Gasteiger partial charge < -0.3 is 5.11 Å². The summed E-state index contributed by atoms with van der Waals surface area (Å²) in [5.74, 6) is 0.268. The molecule has 0 aliphatic heterocycles. The van der Waals surface area contributed by atoms with Gasteiger partial charge in [-0.05, 0) is 42.7 Å². The number of rotatable bonds is 2. The lowest BCUT2D eigenvalue weighted by atomic mass is 9.68. The highest BCUT2D eigenvalue weighted by atomic mass is 16.3. The lowest BCUT2D eigenvalue weighted by molar-refractivity contribution is -0.00973. The first-order valence-electron chi connectivity index (χ1n) is 7.32. The van der Waals surface area contributed by atoms with E-state index in [9.17, 15) is 5.11 Å². The van der Waals surface area contributed by atoms with Gasteiger partial charge in [-0.1, -0.05) is 32.3 Å². The van der Waals surface area contributed by atoms with Crippen LogP contribution in [-0.2, 0) is 6.42 Å². The molecule has 0 bridgehead atoms. The van der Waals surface area contributed by atoms with Gasteiger partial charge in [0.1, 0.15) is 0 Å². The van der Waals surface area contributed by atoms with Crippen molar-refractivity contribution in [3.05, 3.63) is 29.6 Å². The van der Waals surface area contributed by atoms with Gasteiger partial charge in [-0.15, -0.1) is 0 Å². The van der Waals surface area contributed by atoms with Crippen molar-refractivity contribution in [1.82, 2.24) is 4.98 Å². The maximum absolute atomic E-state index is 10.8. The molecule has 1 saturated carbocycles. The van der Waals surface area contributed by atoms with Gasteiger partial charge in [-0.25, -0.2) is 0 Å². The van der Waals surface area contributed by atoms with E-state index in [-0.39, 0.29) is 17.4 Å². The second-order valence-corrected chi connectivity index (χ2v) is 6.35. The van der Waals surface area contributed by atoms with Crippen molar-refractivity contribution in [2.24, 2.45) is 5.41 Å². The zero-order valence-corrected chi connectivity index (χ0v) is 11.2. The molecular formula is C16H23NO. The molecule has 1 N–H and O–H groups in total. The van der Waals surface area contributed by atoms with E-state index in [0.29, 0.717) is 0 Å². The van der Waals surface area contributed by atoms with Gasteiger partial charge in [0.05, 0.1) is 6.10 Å². The van der Waals surface area contributed by atoms with Crippen molar-refractivity contribution in [2.75, 3.05) is 0 Å². The molecule has 98 valence electrons. The lowest BCUT2D eigenvalue weighted by Gasteiger charge is -2.40. The summed E-state index contributed by atoms with van der Waals surface area (Å²) in [6, 6.07) is 4.17. The normalized spacial score (nSPS) is 27.8. The Balaban J connectivity index is 1.83. The molecule has 18 heavy (non-hydrogen) atoms. The third-order valence-electron chi connectivity index (χ3n) is 5.09. The molecule has 0 amide bonds. The molecule has 1 aromatic heterocycles. The Morgan fingerprint density at radius 2 is 2.11 bits per heavy atom. The molecule has 1 fully saturated rings. The highest BCUT2D eigenvalue weighted by molar-refractivity contribution is 5.30. The number of aromatic nitrogens is 1. The fraction of sp³-hybridized carbons (Fsp3) is 0.688. The summed E-state index contributed by atoms with van der Waals surface area (Å²) in [7, 11) is 0. The van der Waals surface area contributed by atoms with Crippen LogP contribution in [0.25, 0.3) is 0 Å². The monoisotopic (exact) mass is 245 g/mol. The average Bonchev–Trinajstić information content (AvgIpc) is 2.82. The Kier molecular flexibility index (Phi) is 3.14. The number of aliphatic hydroxyl groups excluding tert-OH is 1. The summed E-state index contributed by atoms with van der Waals surface area (Å²) in [4.78, 5) is 4.53. The summed E-state index contributed by atoms with van der Waals surface area (Å²) >= 11 is 0. The van der Waals surface area contributed by atoms with Crippen molar-refractivity contribution in [1.29, 1.82) is 0 Å². The first kappa shape index (κ1) is 12.2. The van der Waals surface area contributed by atoms with Crippen LogP contribution in [0.2, 0.25) is 0 Å². The fourth-order valence-electron chi connectivity index (χ4n) is 3.89. The van der Waals surface area contributed by atoms with Gasteiger partial charge in [0.15, 0.2) is 0 Å². The van der Waals surface area contributed by atoms with E-state index in [1.54, 1.807) is 0 Å². The zero-order chi connectivity index (χ0) is 12.6. The molecule has 2 atom stereocenters. The van der Waals surface area contributed by atoms with E-state index in [0.717, 1.165) is 18.5 Å². The molecule has 2 aliphatic rings. The Labute approximate surface area is 109 Å². The molecule has 2 nitrogen and oxygen atoms in total. The molecule has 2 aliphatic carbocycles. The first-order valence-corrected chi connectivity index (χ1v) is 7.32. The van der Waals surface area contributed by atoms with Crippen LogP contribution in [0.4, 0.5) is 0 Å². The molecule has 1 aromatic rings. The van der Waals surface area contributed by atoms with Crippen LogP contribution in [0.1, 0.15) is 62.6 Å². The van der Waals surface area contributed by atoms with E-state index in [1.165, 1.54) is 37.7 Å². The Morgan fingerprint density at radius 3 is 2.89 bits per heavy atom. The second kappa shape index (κ2) is 4.65. The molecule has 1 heterocycles. The molecule has 0 radical (unpaired) electrons. The molecule has 2 heteroatoms. The average molecular weight is 245 g/mol. The number of hydrogen-bond acceptors (Lipinski definition) is 2. The minimum absolute atomic E-state index is 0.113. The number of nitrogens with zero attached hydrogens (tertiary/aromatic N) is 1. The second-order valence-electron chi connectivity index (χ2n) is 6.35. The van der Waals surface area contributed by atoms with Gasteiger partial charge in [0.2, 0.25) is 0 Å². The summed E-state index contributed by atoms with van der Waals surface area (Å²) < 4.78 is 0. The number of aryl methyl sites for hydroxylation is 1. The Morgan fingerprint density at radius 1 is 1.33 bits per heavy atom. The summed E-state index contributed by atoms with van der Waals surface area (Å²) in [5, 5.41) is 10.8. The van der Waals surface area contributed by atoms with Crippen molar-refractivity contribution >= 4 is 0 Å². The van der Waals surface area contributed by atoms with Gasteiger partial charge >= 0.3 is 0 Å². The highest BCUT2D eigenvalue weighted by Gasteiger charge is 2.42. The number of hydrogen-bond donors (Lipinski definition) is 1. The molecular weight excluding hydrogens is 222 g/mol. The Bertz CT molecular complexity index is 423. The predicted molar refractivity (Wildman–Crippen MR) is 72.5 cm³/mol. The minimum Gasteiger partial charge on any atom is -0.392 e. The third-order valence-corrected chi connectivity index (χ3v) is 5.09. The van der Waals surface area contributed by atoms with E-state index in [1.807, 2.05) is 12.3 Å². The van der Waals surface area contributed by atoms with Crippen molar-refractivity contribution in [2.45, 2.75) is 63.9 Å². The van der Waals surface area contributed by atoms with Crippen molar-refractivity contribution in [3.63, 3.8) is 0 Å². The highest BCUT2D eigenvalue weighted by Crippen LogP contribution is 2.46. The molecule has 2 unspecified atom stereocenters. The standard InChI is InChI=1S/C16H23NO/c1-16(9-3-2-4-10-16)15(18)13-8-7-12-6-5-11-17-14(12)13/h5-6,11,13,15,18H,2-4,7-10H2,1H3. The number of fused-ring (bicyclic) bond motifs is 1. The molecule has 0 saturated heterocycles. The smallest absolute Gasteiger partial charge is 0.0677 e. The van der Waals surface area contributed by atoms with Crippen LogP contribution in [0.3, 0.4) is 0 Å². The van der Waals surface area contributed by atoms with E-state index < -0.39 is 0 Å². The van der Waals surface area contributed by atoms with E-state index >= 15 is 0 Å². The zero-order valence-electron chi connectivity index (χ0n) is 11.2. The van der Waals surface area contributed by atoms with Crippen molar-refractivity contribution in [3.8, 4) is 0 Å². The van der Waals surface area contributed by atoms with E-state index in [2.05, 4.69) is 18.0 Å². The van der Waals surface area contributed by atoms with Crippen LogP contribution in [0, 0.1) is 5.41 Å². The third kappa shape index (κ3) is 1.97.